The molecule has 152 valence electrons. The fourth-order valence-corrected chi connectivity index (χ4v) is 4.34. The highest BCUT2D eigenvalue weighted by atomic mass is 16.1. The second-order valence-corrected chi connectivity index (χ2v) is 8.03. The van der Waals surface area contributed by atoms with Gasteiger partial charge in [0.25, 0.3) is 0 Å². The highest BCUT2D eigenvalue weighted by Gasteiger charge is 2.14. The van der Waals surface area contributed by atoms with Crippen molar-refractivity contribution in [2.24, 2.45) is 0 Å². The lowest BCUT2D eigenvalue weighted by Crippen LogP contribution is -2.31. The van der Waals surface area contributed by atoms with Gasteiger partial charge in [0.1, 0.15) is 0 Å². The Hall–Kier alpha value is -2.50. The number of likely N-dealkylation sites (tertiary alicyclic amines) is 1. The topological polar surface area (TPSA) is 54.3 Å². The summed E-state index contributed by atoms with van der Waals surface area (Å²) in [6.07, 6.45) is 2.65. The Morgan fingerprint density at radius 2 is 1.34 bits per heavy atom. The predicted molar refractivity (Wildman–Crippen MR) is 118 cm³/mol. The summed E-state index contributed by atoms with van der Waals surface area (Å²) in [5.74, 6) is 0.109. The molecule has 0 spiro atoms. The number of hydrogen-bond acceptors (Lipinski definition) is 4. The molecule has 1 saturated heterocycles. The van der Waals surface area contributed by atoms with Crippen LogP contribution in [0.1, 0.15) is 47.4 Å². The molecule has 1 N–H and O–H groups in total. The van der Waals surface area contributed by atoms with E-state index in [2.05, 4.69) is 14.8 Å². The lowest BCUT2D eigenvalue weighted by Gasteiger charge is -2.15. The monoisotopic (exact) mass is 391 g/mol. The van der Waals surface area contributed by atoms with Crippen LogP contribution in [0.3, 0.4) is 0 Å². The van der Waals surface area contributed by atoms with Crippen molar-refractivity contribution in [1.82, 2.24) is 14.8 Å². The molecule has 0 radical (unpaired) electrons. The maximum absolute atomic E-state index is 11.9. The van der Waals surface area contributed by atoms with Crippen molar-refractivity contribution in [3.05, 3.63) is 47.5 Å². The van der Waals surface area contributed by atoms with E-state index in [1.54, 1.807) is 13.8 Å². The second kappa shape index (κ2) is 8.47. The summed E-state index contributed by atoms with van der Waals surface area (Å²) in [6.45, 7) is 9.47. The number of aromatic nitrogens is 1. The summed E-state index contributed by atoms with van der Waals surface area (Å²) >= 11 is 0. The van der Waals surface area contributed by atoms with Gasteiger partial charge in [0.2, 0.25) is 0 Å². The van der Waals surface area contributed by atoms with Crippen LogP contribution >= 0.6 is 0 Å². The Morgan fingerprint density at radius 1 is 0.828 bits per heavy atom. The first-order valence-electron chi connectivity index (χ1n) is 10.6. The molecule has 4 rings (SSSR count). The fourth-order valence-electron chi connectivity index (χ4n) is 4.34. The quantitative estimate of drug-likeness (QED) is 0.468. The molecule has 5 nitrogen and oxygen atoms in total. The summed E-state index contributed by atoms with van der Waals surface area (Å²) in [6, 6.07) is 11.8. The van der Waals surface area contributed by atoms with Gasteiger partial charge in [0.05, 0.1) is 0 Å². The first-order valence-corrected chi connectivity index (χ1v) is 10.6. The summed E-state index contributed by atoms with van der Waals surface area (Å²) in [7, 11) is 0. The third kappa shape index (κ3) is 4.11. The van der Waals surface area contributed by atoms with Gasteiger partial charge in [0, 0.05) is 59.1 Å². The maximum atomic E-state index is 11.9. The van der Waals surface area contributed by atoms with Crippen molar-refractivity contribution < 1.29 is 9.59 Å². The standard InChI is InChI=1S/C24H29N3O2/c1-17(28)19-5-7-23-21(15-19)22-16-20(18(2)29)6-8-24(22)27(23)14-10-25-9-13-26-11-3-4-12-26/h5-8,15-16,25H,3-4,9-14H2,1-2H3. The van der Waals surface area contributed by atoms with Crippen LogP contribution in [0, 0.1) is 0 Å². The Morgan fingerprint density at radius 3 is 1.86 bits per heavy atom. The van der Waals surface area contributed by atoms with Crippen molar-refractivity contribution in [2.75, 3.05) is 32.7 Å². The normalized spacial score (nSPS) is 14.8. The third-order valence-corrected chi connectivity index (χ3v) is 5.99. The van der Waals surface area contributed by atoms with Crippen LogP contribution in [-0.2, 0) is 6.54 Å². The number of ketones is 2. The van der Waals surface area contributed by atoms with Crippen molar-refractivity contribution in [3.8, 4) is 0 Å². The van der Waals surface area contributed by atoms with E-state index in [-0.39, 0.29) is 11.6 Å². The van der Waals surface area contributed by atoms with Gasteiger partial charge < -0.3 is 14.8 Å². The van der Waals surface area contributed by atoms with Crippen molar-refractivity contribution >= 4 is 33.4 Å². The minimum Gasteiger partial charge on any atom is -0.339 e. The number of fused-ring (bicyclic) bond motifs is 3. The largest absolute Gasteiger partial charge is 0.339 e. The number of rotatable bonds is 8. The van der Waals surface area contributed by atoms with Crippen LogP contribution in [0.15, 0.2) is 36.4 Å². The van der Waals surface area contributed by atoms with Crippen LogP contribution in [-0.4, -0.2) is 53.8 Å². The smallest absolute Gasteiger partial charge is 0.159 e. The van der Waals surface area contributed by atoms with E-state index >= 15 is 0 Å². The lowest BCUT2D eigenvalue weighted by molar-refractivity contribution is 0.100. The Bertz CT molecular complexity index is 990. The molecular formula is C24H29N3O2. The molecule has 0 atom stereocenters. The first kappa shape index (κ1) is 19.8. The number of Topliss-reactive ketones (excluding diaryl/α,β-unsaturated/α-hetero) is 2. The number of hydrogen-bond donors (Lipinski definition) is 1. The molecule has 2 heterocycles. The average molecular weight is 392 g/mol. The maximum Gasteiger partial charge on any atom is 0.159 e. The molecule has 1 aliphatic heterocycles. The highest BCUT2D eigenvalue weighted by Crippen LogP contribution is 2.31. The minimum absolute atomic E-state index is 0.0547. The van der Waals surface area contributed by atoms with E-state index in [0.717, 1.165) is 48.0 Å². The lowest BCUT2D eigenvalue weighted by atomic mass is 10.0. The zero-order valence-corrected chi connectivity index (χ0v) is 17.3. The Balaban J connectivity index is 1.60. The van der Waals surface area contributed by atoms with E-state index < -0.39 is 0 Å². The van der Waals surface area contributed by atoms with Gasteiger partial charge in [0.15, 0.2) is 11.6 Å². The third-order valence-electron chi connectivity index (χ3n) is 5.99. The Kier molecular flexibility index (Phi) is 5.79. The molecule has 0 amide bonds. The first-order chi connectivity index (χ1) is 14.0. The zero-order valence-electron chi connectivity index (χ0n) is 17.3. The van der Waals surface area contributed by atoms with Crippen molar-refractivity contribution in [3.63, 3.8) is 0 Å². The molecule has 5 heteroatoms. The molecule has 0 unspecified atom stereocenters. The minimum atomic E-state index is 0.0547. The second-order valence-electron chi connectivity index (χ2n) is 8.03. The molecule has 0 aliphatic carbocycles. The van der Waals surface area contributed by atoms with Gasteiger partial charge in [-0.05, 0) is 76.2 Å². The van der Waals surface area contributed by atoms with Gasteiger partial charge in [-0.1, -0.05) is 0 Å². The predicted octanol–water partition coefficient (Wildman–Crippen LogP) is 3.89. The molecule has 29 heavy (non-hydrogen) atoms. The SMILES string of the molecule is CC(=O)c1ccc2c(c1)c1cc(C(C)=O)ccc1n2CCNCCN1CCCC1. The van der Waals surface area contributed by atoms with Gasteiger partial charge in [-0.3, -0.25) is 9.59 Å². The van der Waals surface area contributed by atoms with Crippen LogP contribution in [0.4, 0.5) is 0 Å². The number of benzene rings is 2. The van der Waals surface area contributed by atoms with Gasteiger partial charge >= 0.3 is 0 Å². The summed E-state index contributed by atoms with van der Waals surface area (Å²) < 4.78 is 2.29. The van der Waals surface area contributed by atoms with Crippen molar-refractivity contribution in [2.45, 2.75) is 33.2 Å². The van der Waals surface area contributed by atoms with Gasteiger partial charge in [-0.2, -0.15) is 0 Å². The average Bonchev–Trinajstić information content (AvgIpc) is 3.33. The van der Waals surface area contributed by atoms with E-state index in [0.29, 0.717) is 11.1 Å². The molecule has 3 aromatic rings. The molecule has 0 bridgehead atoms. The van der Waals surface area contributed by atoms with Crippen LogP contribution in [0.25, 0.3) is 21.8 Å². The van der Waals surface area contributed by atoms with Crippen molar-refractivity contribution in [1.29, 1.82) is 0 Å². The van der Waals surface area contributed by atoms with E-state index in [1.165, 1.54) is 25.9 Å². The van der Waals surface area contributed by atoms with Gasteiger partial charge in [-0.15, -0.1) is 0 Å². The summed E-state index contributed by atoms with van der Waals surface area (Å²) in [4.78, 5) is 26.3. The van der Waals surface area contributed by atoms with E-state index in [4.69, 9.17) is 0 Å². The van der Waals surface area contributed by atoms with E-state index in [1.807, 2.05) is 36.4 Å². The molecule has 1 aliphatic rings. The molecule has 0 saturated carbocycles. The van der Waals surface area contributed by atoms with Gasteiger partial charge in [-0.25, -0.2) is 0 Å². The highest BCUT2D eigenvalue weighted by molar-refractivity contribution is 6.12. The molecule has 1 aromatic heterocycles. The van der Waals surface area contributed by atoms with Crippen LogP contribution < -0.4 is 5.32 Å². The summed E-state index contributed by atoms with van der Waals surface area (Å²) in [5, 5.41) is 5.64. The van der Waals surface area contributed by atoms with Crippen LogP contribution in [0.5, 0.6) is 0 Å². The summed E-state index contributed by atoms with van der Waals surface area (Å²) in [5.41, 5.74) is 3.61. The molecule has 2 aromatic carbocycles. The van der Waals surface area contributed by atoms with Crippen LogP contribution in [0.2, 0.25) is 0 Å². The number of carbonyl (C=O) groups is 2. The molecule has 1 fully saturated rings. The number of nitrogens with one attached hydrogen (secondary N) is 1. The molecular weight excluding hydrogens is 362 g/mol. The number of nitrogens with zero attached hydrogens (tertiary/aromatic N) is 2. The fraction of sp³-hybridized carbons (Fsp3) is 0.417. The Labute approximate surface area is 171 Å². The van der Waals surface area contributed by atoms with E-state index in [9.17, 15) is 9.59 Å². The zero-order chi connectivity index (χ0) is 20.4. The number of carbonyl (C=O) groups excluding carboxylic acids is 2.